The Morgan fingerprint density at radius 2 is 0.795 bits per heavy atom. The number of halogens is 3. The van der Waals surface area contributed by atoms with Gasteiger partial charge in [0.25, 0.3) is 0 Å². The van der Waals surface area contributed by atoms with Gasteiger partial charge >= 0.3 is 6.18 Å². The van der Waals surface area contributed by atoms with Gasteiger partial charge in [-0.2, -0.15) is 18.4 Å². The molecule has 0 amide bonds. The topological polar surface area (TPSA) is 51.1 Å². The van der Waals surface area contributed by atoms with Gasteiger partial charge in [0.1, 0.15) is 0 Å². The lowest BCUT2D eigenvalue weighted by Crippen LogP contribution is -2.08. The molecule has 0 spiro atoms. The number of alkyl halides is 3. The summed E-state index contributed by atoms with van der Waals surface area (Å²) in [7, 11) is 0. The number of aryl methyl sites for hydroxylation is 1. The number of benzene rings is 11. The fourth-order valence-electron chi connectivity index (χ4n) is 11.8. The van der Waals surface area contributed by atoms with Crippen LogP contribution in [0.15, 0.2) is 224 Å². The van der Waals surface area contributed by atoms with Crippen LogP contribution in [0.3, 0.4) is 0 Å². The minimum Gasteiger partial charge on any atom is -0.310 e. The van der Waals surface area contributed by atoms with E-state index in [9.17, 15) is 5.26 Å². The van der Waals surface area contributed by atoms with Gasteiger partial charge in [-0.15, -0.1) is 0 Å². The number of aromatic nitrogens is 2. The standard InChI is InChI=1S/C73H40F3N7/c1-44-12-6-21-63(73(74,75)76)71(44)54-28-33-69(82-65-29-25-51(47-15-8-18-55(35-47)78-2)39-58(65)59-40-52(26-30-66(59)82)48-16-9-19-56(36-48)79-3)62(42-54)72-64(81-5)22-11-23-70(72)83-67-31-24-50(46-14-7-13-45(34-46)43-77)38-60(67)61-41-53(27-32-68(61)83)49-17-10-20-57(37-49)80-4/h6-42H,1H3. The van der Waals surface area contributed by atoms with Gasteiger partial charge in [0.15, 0.2) is 22.7 Å². The van der Waals surface area contributed by atoms with Crippen molar-refractivity contribution in [3.63, 3.8) is 0 Å². The average molecular weight is 1070 g/mol. The van der Waals surface area contributed by atoms with Crippen LogP contribution in [0.2, 0.25) is 0 Å². The van der Waals surface area contributed by atoms with Gasteiger partial charge < -0.3 is 9.13 Å². The minimum absolute atomic E-state index is 0.0223. The molecule has 0 radical (unpaired) electrons. The molecule has 388 valence electrons. The van der Waals surface area contributed by atoms with E-state index in [1.807, 2.05) is 140 Å². The van der Waals surface area contributed by atoms with Gasteiger partial charge in [0, 0.05) is 32.8 Å². The minimum atomic E-state index is -4.70. The highest BCUT2D eigenvalue weighted by molar-refractivity contribution is 6.15. The first-order chi connectivity index (χ1) is 40.4. The number of hydrogen-bond donors (Lipinski definition) is 0. The van der Waals surface area contributed by atoms with Crippen LogP contribution in [0.1, 0.15) is 16.7 Å². The highest BCUT2D eigenvalue weighted by Gasteiger charge is 2.35. The van der Waals surface area contributed by atoms with E-state index in [1.54, 1.807) is 55.5 Å². The summed E-state index contributed by atoms with van der Waals surface area (Å²) in [6.45, 7) is 33.9. The van der Waals surface area contributed by atoms with Crippen molar-refractivity contribution in [3.8, 4) is 84.2 Å². The lowest BCUT2D eigenvalue weighted by Gasteiger charge is -2.22. The first-order valence-corrected chi connectivity index (χ1v) is 26.4. The number of nitrogens with zero attached hydrogens (tertiary/aromatic N) is 7. The van der Waals surface area contributed by atoms with E-state index < -0.39 is 11.7 Å². The molecule has 0 bridgehead atoms. The number of nitriles is 1. The van der Waals surface area contributed by atoms with E-state index in [0.29, 0.717) is 56.3 Å². The van der Waals surface area contributed by atoms with Crippen LogP contribution in [0.4, 0.5) is 35.9 Å². The quantitative estimate of drug-likeness (QED) is 0.140. The summed E-state index contributed by atoms with van der Waals surface area (Å²) in [5.74, 6) is 0. The zero-order chi connectivity index (χ0) is 57.1. The first-order valence-electron chi connectivity index (χ1n) is 26.4. The van der Waals surface area contributed by atoms with Crippen LogP contribution in [-0.4, -0.2) is 9.13 Å². The number of hydrogen-bond acceptors (Lipinski definition) is 1. The van der Waals surface area contributed by atoms with E-state index in [2.05, 4.69) is 58.8 Å². The van der Waals surface area contributed by atoms with Gasteiger partial charge in [-0.05, 0) is 177 Å². The largest absolute Gasteiger partial charge is 0.417 e. The Kier molecular flexibility index (Phi) is 12.3. The van der Waals surface area contributed by atoms with Crippen molar-refractivity contribution in [2.75, 3.05) is 0 Å². The molecule has 0 fully saturated rings. The summed E-state index contributed by atoms with van der Waals surface area (Å²) in [6.07, 6.45) is -4.70. The summed E-state index contributed by atoms with van der Waals surface area (Å²) < 4.78 is 50.1. The van der Waals surface area contributed by atoms with E-state index >= 15 is 13.2 Å². The third-order valence-corrected chi connectivity index (χ3v) is 15.5. The van der Waals surface area contributed by atoms with Crippen molar-refractivity contribution < 1.29 is 13.2 Å². The molecule has 13 rings (SSSR count). The van der Waals surface area contributed by atoms with Crippen LogP contribution in [0.25, 0.3) is 141 Å². The van der Waals surface area contributed by atoms with Gasteiger partial charge in [-0.1, -0.05) is 121 Å². The average Bonchev–Trinajstić information content (AvgIpc) is 2.10. The maximum absolute atomic E-state index is 15.3. The molecule has 2 heterocycles. The monoisotopic (exact) mass is 1070 g/mol. The molecule has 2 aromatic heterocycles. The fourth-order valence-corrected chi connectivity index (χ4v) is 11.8. The zero-order valence-corrected chi connectivity index (χ0v) is 44.1. The Morgan fingerprint density at radius 1 is 0.386 bits per heavy atom. The smallest absolute Gasteiger partial charge is 0.310 e. The van der Waals surface area contributed by atoms with E-state index in [1.165, 1.54) is 6.07 Å². The molecule has 7 nitrogen and oxygen atoms in total. The molecule has 83 heavy (non-hydrogen) atoms. The maximum Gasteiger partial charge on any atom is 0.417 e. The Bertz CT molecular complexity index is 4890. The molecule has 0 aliphatic rings. The number of fused-ring (bicyclic) bond motifs is 6. The van der Waals surface area contributed by atoms with Crippen molar-refractivity contribution in [3.05, 3.63) is 287 Å². The van der Waals surface area contributed by atoms with Crippen LogP contribution >= 0.6 is 0 Å². The summed E-state index contributed by atoms with van der Waals surface area (Å²) >= 11 is 0. The lowest BCUT2D eigenvalue weighted by atomic mass is 9.90. The van der Waals surface area contributed by atoms with Gasteiger partial charge in [-0.3, -0.25) is 0 Å². The molecule has 0 aliphatic carbocycles. The normalized spacial score (nSPS) is 11.3. The van der Waals surface area contributed by atoms with Crippen LogP contribution in [0, 0.1) is 44.5 Å². The summed E-state index contributed by atoms with van der Waals surface area (Å²) in [5, 5.41) is 13.3. The molecule has 0 atom stereocenters. The molecule has 0 aliphatic heterocycles. The summed E-state index contributed by atoms with van der Waals surface area (Å²) in [4.78, 5) is 15.3. The third-order valence-electron chi connectivity index (χ3n) is 15.5. The molecular weight excluding hydrogens is 1030 g/mol. The van der Waals surface area contributed by atoms with Crippen molar-refractivity contribution in [2.24, 2.45) is 0 Å². The summed E-state index contributed by atoms with van der Waals surface area (Å²) in [6, 6.07) is 71.7. The molecule has 10 heteroatoms. The highest BCUT2D eigenvalue weighted by Crippen LogP contribution is 2.49. The lowest BCUT2D eigenvalue weighted by molar-refractivity contribution is -0.137. The molecule has 0 unspecified atom stereocenters. The molecular formula is C73H40F3N7. The van der Waals surface area contributed by atoms with Crippen molar-refractivity contribution >= 4 is 66.4 Å². The number of rotatable bonds is 8. The Hall–Kier alpha value is -11.7. The molecule has 13 aromatic rings. The van der Waals surface area contributed by atoms with Gasteiger partial charge in [0.2, 0.25) is 0 Å². The second-order valence-corrected chi connectivity index (χ2v) is 20.3. The Labute approximate surface area is 475 Å². The molecule has 0 saturated heterocycles. The second kappa shape index (κ2) is 20.2. The SMILES string of the molecule is [C-]#[N+]c1cccc(-c2ccc3c(c2)c2cc(-c4cccc([N+]#[C-])c4)ccc2n3-c2ccc(-c3c(C)cccc3C(F)(F)F)cc2-c2c([N+]#[C-])cccc2-n2c3ccc(-c4cccc(C#N)c4)cc3c3cc(-c4cccc([N+]#[C-])c4)ccc32)c1. The van der Waals surface area contributed by atoms with Crippen LogP contribution < -0.4 is 0 Å². The van der Waals surface area contributed by atoms with Crippen LogP contribution in [-0.2, 0) is 6.18 Å². The first kappa shape index (κ1) is 50.7. The fraction of sp³-hybridized carbons (Fsp3) is 0.0274. The van der Waals surface area contributed by atoms with Gasteiger partial charge in [-0.25, -0.2) is 19.4 Å². The highest BCUT2D eigenvalue weighted by atomic mass is 19.4. The van der Waals surface area contributed by atoms with Crippen LogP contribution in [0.5, 0.6) is 0 Å². The molecule has 11 aromatic carbocycles. The molecule has 0 N–H and O–H groups in total. The third kappa shape index (κ3) is 8.77. The van der Waals surface area contributed by atoms with Crippen molar-refractivity contribution in [1.82, 2.24) is 9.13 Å². The zero-order valence-electron chi connectivity index (χ0n) is 44.1. The van der Waals surface area contributed by atoms with Crippen molar-refractivity contribution in [2.45, 2.75) is 13.1 Å². The van der Waals surface area contributed by atoms with E-state index in [0.717, 1.165) is 94.2 Å². The molecule has 0 saturated carbocycles. The maximum atomic E-state index is 15.3. The predicted molar refractivity (Wildman–Crippen MR) is 327 cm³/mol. The second-order valence-electron chi connectivity index (χ2n) is 20.3. The van der Waals surface area contributed by atoms with E-state index in [4.69, 9.17) is 26.3 Å². The Morgan fingerprint density at radius 3 is 1.24 bits per heavy atom. The van der Waals surface area contributed by atoms with Gasteiger partial charge in [0.05, 0.1) is 71.2 Å². The van der Waals surface area contributed by atoms with Crippen molar-refractivity contribution in [1.29, 1.82) is 5.26 Å². The predicted octanol–water partition coefficient (Wildman–Crippen LogP) is 21.3. The summed E-state index contributed by atoms with van der Waals surface area (Å²) in [5.41, 5.74) is 14.4. The Balaban J connectivity index is 1.14. The van der Waals surface area contributed by atoms with E-state index in [-0.39, 0.29) is 11.3 Å².